The van der Waals surface area contributed by atoms with Gasteiger partial charge in [0.15, 0.2) is 5.75 Å². The van der Waals surface area contributed by atoms with E-state index in [1.165, 1.54) is 0 Å². The van der Waals surface area contributed by atoms with E-state index in [1.54, 1.807) is 42.7 Å². The first-order chi connectivity index (χ1) is 20.0. The molecule has 2 aromatic heterocycles. The molecule has 2 N–H and O–H groups in total. The van der Waals surface area contributed by atoms with E-state index >= 15 is 0 Å². The zero-order chi connectivity index (χ0) is 28.6. The summed E-state index contributed by atoms with van der Waals surface area (Å²) in [5, 5.41) is 6.19. The predicted octanol–water partition coefficient (Wildman–Crippen LogP) is 7.66. The number of hydrogen-bond acceptors (Lipinski definition) is 7. The number of carbonyl (C=O) groups excluding carboxylic acids is 2. The highest BCUT2D eigenvalue weighted by Gasteiger charge is 2.19. The van der Waals surface area contributed by atoms with Gasteiger partial charge in [0, 0.05) is 29.2 Å². The van der Waals surface area contributed by atoms with Gasteiger partial charge in [-0.1, -0.05) is 32.0 Å². The third-order valence-corrected chi connectivity index (χ3v) is 6.37. The Bertz CT molecular complexity index is 1610. The molecule has 0 atom stereocenters. The Labute approximate surface area is 238 Å². The Morgan fingerprint density at radius 1 is 0.927 bits per heavy atom. The van der Waals surface area contributed by atoms with Crippen LogP contribution < -0.4 is 20.1 Å². The summed E-state index contributed by atoms with van der Waals surface area (Å²) in [7, 11) is 0. The zero-order valence-electron chi connectivity index (χ0n) is 22.7. The van der Waals surface area contributed by atoms with E-state index in [0.29, 0.717) is 41.5 Å². The maximum atomic E-state index is 13.1. The molecule has 0 aliphatic carbocycles. The van der Waals surface area contributed by atoms with E-state index in [0.717, 1.165) is 22.6 Å². The molecule has 2 heterocycles. The number of carbonyl (C=O) groups is 2. The molecule has 5 rings (SSSR count). The normalized spacial score (nSPS) is 10.7. The average Bonchev–Trinajstić information content (AvgIpc) is 3.47. The first-order valence-corrected chi connectivity index (χ1v) is 13.2. The minimum atomic E-state index is -0.350. The molecule has 8 nitrogen and oxygen atoms in total. The van der Waals surface area contributed by atoms with Crippen molar-refractivity contribution in [3.63, 3.8) is 0 Å². The molecule has 5 aromatic rings. The summed E-state index contributed by atoms with van der Waals surface area (Å²) in [6, 6.07) is 27.3. The van der Waals surface area contributed by atoms with Crippen molar-refractivity contribution in [1.82, 2.24) is 4.98 Å². The van der Waals surface area contributed by atoms with Crippen LogP contribution in [0.2, 0.25) is 0 Å². The number of para-hydroxylation sites is 1. The van der Waals surface area contributed by atoms with Gasteiger partial charge < -0.3 is 24.5 Å². The second-order valence-electron chi connectivity index (χ2n) is 9.55. The lowest BCUT2D eigenvalue weighted by molar-refractivity contribution is -0.120. The van der Waals surface area contributed by atoms with Crippen LogP contribution in [0.1, 0.15) is 41.4 Å². The second-order valence-corrected chi connectivity index (χ2v) is 9.55. The van der Waals surface area contributed by atoms with E-state index < -0.39 is 0 Å². The largest absolute Gasteiger partial charge is 0.459 e. The molecule has 1 amide bonds. The number of pyridine rings is 1. The summed E-state index contributed by atoms with van der Waals surface area (Å²) >= 11 is 0. The summed E-state index contributed by atoms with van der Waals surface area (Å²) in [5.74, 6) is 2.63. The maximum absolute atomic E-state index is 13.1. The van der Waals surface area contributed by atoms with Crippen LogP contribution in [0.25, 0.3) is 11.3 Å². The summed E-state index contributed by atoms with van der Waals surface area (Å²) in [6.45, 7) is 4.92. The third kappa shape index (κ3) is 6.80. The first kappa shape index (κ1) is 27.2. The van der Waals surface area contributed by atoms with Gasteiger partial charge >= 0.3 is 0 Å². The molecule has 0 aliphatic rings. The van der Waals surface area contributed by atoms with Crippen molar-refractivity contribution in [3.05, 3.63) is 120 Å². The van der Waals surface area contributed by atoms with Gasteiger partial charge in [-0.15, -0.1) is 0 Å². The molecule has 0 radical (unpaired) electrons. The predicted molar refractivity (Wildman–Crippen MR) is 157 cm³/mol. The van der Waals surface area contributed by atoms with Gasteiger partial charge in [-0.25, -0.2) is 0 Å². The number of furan rings is 1. The van der Waals surface area contributed by atoms with Crippen molar-refractivity contribution in [1.29, 1.82) is 0 Å². The van der Waals surface area contributed by atoms with Crippen molar-refractivity contribution < 1.29 is 23.5 Å². The van der Waals surface area contributed by atoms with Crippen LogP contribution in [0.15, 0.2) is 108 Å². The number of nitrogens with zero attached hydrogens (tertiary/aromatic N) is 1. The Hall–Kier alpha value is -5.37. The van der Waals surface area contributed by atoms with Gasteiger partial charge in [0.25, 0.3) is 12.4 Å². The molecule has 0 aliphatic heterocycles. The minimum absolute atomic E-state index is 0.0869. The summed E-state index contributed by atoms with van der Waals surface area (Å²) < 4.78 is 17.2. The Morgan fingerprint density at radius 3 is 2.37 bits per heavy atom. The quantitative estimate of drug-likeness (QED) is 0.164. The summed E-state index contributed by atoms with van der Waals surface area (Å²) in [5.41, 5.74) is 3.43. The van der Waals surface area contributed by atoms with Gasteiger partial charge in [0.2, 0.25) is 0 Å². The molecule has 0 spiro atoms. The molecule has 0 saturated carbocycles. The van der Waals surface area contributed by atoms with Crippen LogP contribution in [0.4, 0.5) is 11.4 Å². The lowest BCUT2D eigenvalue weighted by atomic mass is 9.94. The smallest absolute Gasteiger partial charge is 0.298 e. The fourth-order valence-corrected chi connectivity index (χ4v) is 4.30. The molecule has 206 valence electrons. The van der Waals surface area contributed by atoms with Crippen molar-refractivity contribution in [3.8, 4) is 28.6 Å². The summed E-state index contributed by atoms with van der Waals surface area (Å²) in [6.07, 6.45) is 3.43. The topological polar surface area (TPSA) is 103 Å². The number of benzene rings is 3. The SMILES string of the molecule is CC(C)c1cc(NC(=O)c2ccc(Oc3ccccc3)cc2)c(OC=O)cc1-c1ccc(CNc2ccncc2)o1. The van der Waals surface area contributed by atoms with Crippen LogP contribution in [0.5, 0.6) is 17.2 Å². The molecule has 0 bridgehead atoms. The number of ether oxygens (including phenoxy) is 2. The number of nitrogens with one attached hydrogen (secondary N) is 2. The van der Waals surface area contributed by atoms with Crippen molar-refractivity contribution in [2.75, 3.05) is 10.6 Å². The Kier molecular flexibility index (Phi) is 8.40. The van der Waals surface area contributed by atoms with E-state index in [1.807, 2.05) is 74.5 Å². The fraction of sp³-hybridized carbons (Fsp3) is 0.121. The van der Waals surface area contributed by atoms with Crippen molar-refractivity contribution in [2.45, 2.75) is 26.3 Å². The molecule has 8 heteroatoms. The highest BCUT2D eigenvalue weighted by Crippen LogP contribution is 2.39. The van der Waals surface area contributed by atoms with Crippen molar-refractivity contribution in [2.24, 2.45) is 0 Å². The fourth-order valence-electron chi connectivity index (χ4n) is 4.30. The van der Waals surface area contributed by atoms with Crippen LogP contribution in [-0.2, 0) is 11.3 Å². The van der Waals surface area contributed by atoms with Gasteiger partial charge in [-0.2, -0.15) is 0 Å². The zero-order valence-corrected chi connectivity index (χ0v) is 22.7. The van der Waals surface area contributed by atoms with Crippen molar-refractivity contribution >= 4 is 23.8 Å². The number of hydrogen-bond donors (Lipinski definition) is 2. The number of aromatic nitrogens is 1. The molecule has 0 fully saturated rings. The monoisotopic (exact) mass is 547 g/mol. The first-order valence-electron chi connectivity index (χ1n) is 13.2. The molecule has 0 unspecified atom stereocenters. The van der Waals surface area contributed by atoms with Gasteiger partial charge in [-0.3, -0.25) is 14.6 Å². The van der Waals surface area contributed by atoms with Crippen LogP contribution >= 0.6 is 0 Å². The van der Waals surface area contributed by atoms with Gasteiger partial charge in [-0.05, 0) is 84.3 Å². The number of amides is 1. The highest BCUT2D eigenvalue weighted by molar-refractivity contribution is 6.05. The van der Waals surface area contributed by atoms with E-state index in [4.69, 9.17) is 13.9 Å². The van der Waals surface area contributed by atoms with E-state index in [-0.39, 0.29) is 17.6 Å². The molecule has 0 saturated heterocycles. The minimum Gasteiger partial charge on any atom is -0.459 e. The maximum Gasteiger partial charge on any atom is 0.298 e. The molecular weight excluding hydrogens is 518 g/mol. The standard InChI is InChI=1S/C33H29N3O5/c1-22(2)28-18-30(36-33(38)23-8-10-26(11-9-23)40-25-6-4-3-5-7-25)32(39-21-37)19-29(28)31-13-12-27(41-31)20-35-24-14-16-34-17-15-24/h3-19,21-22H,20H2,1-2H3,(H,34,35)(H,36,38). The Balaban J connectivity index is 1.36. The van der Waals surface area contributed by atoms with Crippen LogP contribution in [0, 0.1) is 0 Å². The lowest BCUT2D eigenvalue weighted by Gasteiger charge is -2.17. The van der Waals surface area contributed by atoms with Gasteiger partial charge in [0.1, 0.15) is 23.0 Å². The van der Waals surface area contributed by atoms with Crippen LogP contribution in [0.3, 0.4) is 0 Å². The third-order valence-electron chi connectivity index (χ3n) is 6.37. The Morgan fingerprint density at radius 2 is 1.66 bits per heavy atom. The number of anilines is 2. The van der Waals surface area contributed by atoms with Crippen LogP contribution in [-0.4, -0.2) is 17.4 Å². The summed E-state index contributed by atoms with van der Waals surface area (Å²) in [4.78, 5) is 28.5. The van der Waals surface area contributed by atoms with E-state index in [9.17, 15) is 9.59 Å². The number of rotatable bonds is 11. The lowest BCUT2D eigenvalue weighted by Crippen LogP contribution is -2.13. The highest BCUT2D eigenvalue weighted by atomic mass is 16.5. The molecule has 41 heavy (non-hydrogen) atoms. The molecular formula is C33H29N3O5. The second kappa shape index (κ2) is 12.7. The van der Waals surface area contributed by atoms with Gasteiger partial charge in [0.05, 0.1) is 12.2 Å². The van der Waals surface area contributed by atoms with E-state index in [2.05, 4.69) is 15.6 Å². The molecule has 3 aromatic carbocycles. The average molecular weight is 548 g/mol.